The Morgan fingerprint density at radius 2 is 1.94 bits per heavy atom. The molecule has 0 heterocycles. The van der Waals surface area contributed by atoms with E-state index in [1.807, 2.05) is 0 Å². The summed E-state index contributed by atoms with van der Waals surface area (Å²) in [5.74, 6) is 0.122. The standard InChI is InChI=1S/C11H13Br2NO3S/c1-7(2)17-8(3)14-18(15,16)11-6-9(12)4-5-10(11)13/h4-7H,1-3H3. The van der Waals surface area contributed by atoms with Gasteiger partial charge < -0.3 is 4.74 Å². The minimum absolute atomic E-state index is 0.101. The first-order valence-corrected chi connectivity index (χ1v) is 8.18. The minimum atomic E-state index is -3.77. The van der Waals surface area contributed by atoms with Crippen molar-refractivity contribution in [1.82, 2.24) is 0 Å². The predicted molar refractivity (Wildman–Crippen MR) is 78.4 cm³/mol. The second-order valence-electron chi connectivity index (χ2n) is 3.83. The molecule has 18 heavy (non-hydrogen) atoms. The molecule has 0 aliphatic heterocycles. The van der Waals surface area contributed by atoms with Gasteiger partial charge in [0.25, 0.3) is 10.0 Å². The van der Waals surface area contributed by atoms with Crippen molar-refractivity contribution in [3.63, 3.8) is 0 Å². The lowest BCUT2D eigenvalue weighted by Gasteiger charge is -2.09. The molecule has 4 nitrogen and oxygen atoms in total. The SMILES string of the molecule is CC(=NS(=O)(=O)c1cc(Br)ccc1Br)OC(C)C. The highest BCUT2D eigenvalue weighted by molar-refractivity contribution is 9.11. The number of sulfonamides is 1. The number of hydrogen-bond donors (Lipinski definition) is 0. The van der Waals surface area contributed by atoms with Crippen molar-refractivity contribution in [2.24, 2.45) is 4.40 Å². The van der Waals surface area contributed by atoms with E-state index in [2.05, 4.69) is 36.3 Å². The van der Waals surface area contributed by atoms with E-state index < -0.39 is 10.0 Å². The Labute approximate surface area is 124 Å². The summed E-state index contributed by atoms with van der Waals surface area (Å²) in [4.78, 5) is 0.101. The van der Waals surface area contributed by atoms with Crippen LogP contribution in [0.3, 0.4) is 0 Å². The zero-order valence-electron chi connectivity index (χ0n) is 10.1. The van der Waals surface area contributed by atoms with E-state index in [9.17, 15) is 8.42 Å². The highest BCUT2D eigenvalue weighted by atomic mass is 79.9. The number of hydrogen-bond acceptors (Lipinski definition) is 3. The molecule has 0 amide bonds. The Morgan fingerprint density at radius 1 is 1.33 bits per heavy atom. The van der Waals surface area contributed by atoms with Crippen molar-refractivity contribution in [3.05, 3.63) is 27.1 Å². The molecule has 0 bridgehead atoms. The van der Waals surface area contributed by atoms with Gasteiger partial charge in [-0.2, -0.15) is 8.42 Å². The maximum atomic E-state index is 12.1. The van der Waals surface area contributed by atoms with Gasteiger partial charge in [0, 0.05) is 15.9 Å². The Hall–Kier alpha value is -0.400. The molecule has 0 aliphatic rings. The van der Waals surface area contributed by atoms with Crippen LogP contribution in [-0.4, -0.2) is 20.4 Å². The van der Waals surface area contributed by atoms with Crippen molar-refractivity contribution in [3.8, 4) is 0 Å². The van der Waals surface area contributed by atoms with E-state index in [1.165, 1.54) is 13.0 Å². The van der Waals surface area contributed by atoms with E-state index >= 15 is 0 Å². The van der Waals surface area contributed by atoms with Crippen LogP contribution in [0.5, 0.6) is 0 Å². The molecule has 7 heteroatoms. The summed E-state index contributed by atoms with van der Waals surface area (Å²) in [6.07, 6.45) is -0.116. The second-order valence-corrected chi connectivity index (χ2v) is 7.17. The third-order valence-corrected chi connectivity index (χ3v) is 4.66. The van der Waals surface area contributed by atoms with Gasteiger partial charge in [0.2, 0.25) is 0 Å². The first kappa shape index (κ1) is 15.7. The van der Waals surface area contributed by atoms with E-state index in [1.54, 1.807) is 26.0 Å². The van der Waals surface area contributed by atoms with Crippen molar-refractivity contribution < 1.29 is 13.2 Å². The Bertz CT molecular complexity index is 568. The molecule has 0 saturated carbocycles. The molecule has 0 aromatic heterocycles. The summed E-state index contributed by atoms with van der Waals surface area (Å²) >= 11 is 6.43. The van der Waals surface area contributed by atoms with E-state index in [0.717, 1.165) is 0 Å². The van der Waals surface area contributed by atoms with Crippen LogP contribution in [0.1, 0.15) is 20.8 Å². The zero-order valence-corrected chi connectivity index (χ0v) is 14.1. The topological polar surface area (TPSA) is 55.7 Å². The molecule has 0 spiro atoms. The van der Waals surface area contributed by atoms with Crippen LogP contribution >= 0.6 is 31.9 Å². The number of halogens is 2. The van der Waals surface area contributed by atoms with Gasteiger partial charge in [0.1, 0.15) is 4.90 Å². The van der Waals surface area contributed by atoms with Gasteiger partial charge in [-0.15, -0.1) is 4.40 Å². The highest BCUT2D eigenvalue weighted by Gasteiger charge is 2.18. The Morgan fingerprint density at radius 3 is 2.50 bits per heavy atom. The maximum absolute atomic E-state index is 12.1. The van der Waals surface area contributed by atoms with Crippen LogP contribution in [0.4, 0.5) is 0 Å². The lowest BCUT2D eigenvalue weighted by atomic mass is 10.4. The third kappa shape index (κ3) is 4.37. The fourth-order valence-electron chi connectivity index (χ4n) is 1.26. The molecule has 0 aliphatic carbocycles. The van der Waals surface area contributed by atoms with Crippen LogP contribution in [0.2, 0.25) is 0 Å². The average molecular weight is 399 g/mol. The lowest BCUT2D eigenvalue weighted by molar-refractivity contribution is 0.227. The fourth-order valence-corrected chi connectivity index (χ4v) is 3.70. The van der Waals surface area contributed by atoms with E-state index in [-0.39, 0.29) is 16.9 Å². The maximum Gasteiger partial charge on any atom is 0.286 e. The molecule has 0 unspecified atom stereocenters. The van der Waals surface area contributed by atoms with Gasteiger partial charge in [0.15, 0.2) is 5.90 Å². The van der Waals surface area contributed by atoms with Gasteiger partial charge >= 0.3 is 0 Å². The molecule has 100 valence electrons. The van der Waals surface area contributed by atoms with Crippen molar-refractivity contribution in [2.45, 2.75) is 31.8 Å². The summed E-state index contributed by atoms with van der Waals surface area (Å²) in [7, 11) is -3.77. The summed E-state index contributed by atoms with van der Waals surface area (Å²) in [5, 5.41) is 0. The monoisotopic (exact) mass is 397 g/mol. The normalized spacial score (nSPS) is 12.9. The molecule has 1 rings (SSSR count). The fraction of sp³-hybridized carbons (Fsp3) is 0.364. The first-order chi connectivity index (χ1) is 8.22. The molecule has 0 saturated heterocycles. The van der Waals surface area contributed by atoms with Crippen molar-refractivity contribution in [2.75, 3.05) is 0 Å². The molecular weight excluding hydrogens is 386 g/mol. The van der Waals surface area contributed by atoms with E-state index in [4.69, 9.17) is 4.74 Å². The molecular formula is C11H13Br2NO3S. The van der Waals surface area contributed by atoms with Crippen LogP contribution in [0.15, 0.2) is 36.4 Å². The summed E-state index contributed by atoms with van der Waals surface area (Å²) in [5.41, 5.74) is 0. The first-order valence-electron chi connectivity index (χ1n) is 5.15. The Balaban J connectivity index is 3.18. The predicted octanol–water partition coefficient (Wildman–Crippen LogP) is 3.74. The summed E-state index contributed by atoms with van der Waals surface area (Å²) in [6, 6.07) is 4.88. The van der Waals surface area contributed by atoms with Crippen LogP contribution in [0.25, 0.3) is 0 Å². The molecule has 1 aromatic carbocycles. The average Bonchev–Trinajstić information content (AvgIpc) is 2.19. The largest absolute Gasteiger partial charge is 0.478 e. The highest BCUT2D eigenvalue weighted by Crippen LogP contribution is 2.27. The summed E-state index contributed by atoms with van der Waals surface area (Å²) in [6.45, 7) is 5.13. The zero-order chi connectivity index (χ0) is 13.9. The molecule has 0 atom stereocenters. The molecule has 0 fully saturated rings. The van der Waals surface area contributed by atoms with Crippen LogP contribution in [-0.2, 0) is 14.8 Å². The third-order valence-electron chi connectivity index (χ3n) is 1.83. The van der Waals surface area contributed by atoms with Gasteiger partial charge in [-0.1, -0.05) is 15.9 Å². The summed E-state index contributed by atoms with van der Waals surface area (Å²) < 4.78 is 34.1. The van der Waals surface area contributed by atoms with Gasteiger partial charge in [-0.25, -0.2) is 0 Å². The quantitative estimate of drug-likeness (QED) is 0.575. The smallest absolute Gasteiger partial charge is 0.286 e. The van der Waals surface area contributed by atoms with Crippen LogP contribution < -0.4 is 0 Å². The van der Waals surface area contributed by atoms with Crippen LogP contribution in [0, 0.1) is 0 Å². The second kappa shape index (κ2) is 6.16. The number of nitrogens with zero attached hydrogens (tertiary/aromatic N) is 1. The van der Waals surface area contributed by atoms with Crippen molar-refractivity contribution in [1.29, 1.82) is 0 Å². The van der Waals surface area contributed by atoms with Gasteiger partial charge in [-0.3, -0.25) is 0 Å². The van der Waals surface area contributed by atoms with Gasteiger partial charge in [0.05, 0.1) is 6.10 Å². The molecule has 1 aromatic rings. The van der Waals surface area contributed by atoms with Crippen molar-refractivity contribution >= 4 is 47.8 Å². The number of ether oxygens (including phenoxy) is 1. The molecule has 0 N–H and O–H groups in total. The number of benzene rings is 1. The van der Waals surface area contributed by atoms with E-state index in [0.29, 0.717) is 8.95 Å². The van der Waals surface area contributed by atoms with Gasteiger partial charge in [-0.05, 0) is 48.0 Å². The minimum Gasteiger partial charge on any atom is -0.478 e. The number of rotatable bonds is 3. The Kier molecular flexibility index (Phi) is 5.36. The lowest BCUT2D eigenvalue weighted by Crippen LogP contribution is -2.11. The molecule has 0 radical (unpaired) electrons.